The molecule has 0 aliphatic carbocycles. The molecule has 1 aromatic rings. The van der Waals surface area contributed by atoms with Crippen LogP contribution >= 0.6 is 15.9 Å². The highest BCUT2D eigenvalue weighted by Crippen LogP contribution is 2.25. The summed E-state index contributed by atoms with van der Waals surface area (Å²) in [5, 5.41) is 12.4. The molecule has 5 nitrogen and oxygen atoms in total. The van der Waals surface area contributed by atoms with Gasteiger partial charge in [-0.15, -0.1) is 0 Å². The fourth-order valence-corrected chi connectivity index (χ4v) is 2.42. The van der Waals surface area contributed by atoms with Crippen LogP contribution in [0.2, 0.25) is 0 Å². The van der Waals surface area contributed by atoms with Crippen molar-refractivity contribution in [3.8, 4) is 5.75 Å². The fraction of sp³-hybridized carbons (Fsp3) is 0.385. The van der Waals surface area contributed by atoms with Crippen molar-refractivity contribution in [2.24, 2.45) is 0 Å². The lowest BCUT2D eigenvalue weighted by molar-refractivity contribution is -0.119. The number of rotatable bonds is 2. The van der Waals surface area contributed by atoms with Crippen molar-refractivity contribution in [2.45, 2.75) is 19.4 Å². The zero-order valence-electron chi connectivity index (χ0n) is 10.5. The molecule has 0 aromatic heterocycles. The molecule has 0 radical (unpaired) electrons. The number of carbonyl (C=O) groups is 2. The lowest BCUT2D eigenvalue weighted by atomic mass is 10.2. The number of likely N-dealkylation sites (tertiary alicyclic amines) is 1. The Labute approximate surface area is 119 Å². The molecule has 1 aromatic carbocycles. The summed E-state index contributed by atoms with van der Waals surface area (Å²) >= 11 is 3.18. The Balaban J connectivity index is 2.04. The van der Waals surface area contributed by atoms with Crippen LogP contribution in [0.1, 0.15) is 23.7 Å². The second kappa shape index (κ2) is 5.61. The quantitative estimate of drug-likeness (QED) is 0.865. The first kappa shape index (κ1) is 13.9. The van der Waals surface area contributed by atoms with E-state index in [9.17, 15) is 14.7 Å². The molecule has 2 rings (SSSR count). The zero-order chi connectivity index (χ0) is 14.0. The minimum absolute atomic E-state index is 0.0190. The van der Waals surface area contributed by atoms with Gasteiger partial charge in [0.25, 0.3) is 5.91 Å². The summed E-state index contributed by atoms with van der Waals surface area (Å²) in [5.74, 6) is -0.167. The van der Waals surface area contributed by atoms with E-state index in [2.05, 4.69) is 21.2 Å². The van der Waals surface area contributed by atoms with Gasteiger partial charge in [-0.1, -0.05) is 0 Å². The van der Waals surface area contributed by atoms with Crippen LogP contribution in [0, 0.1) is 0 Å². The topological polar surface area (TPSA) is 69.6 Å². The number of benzene rings is 1. The standard InChI is InChI=1S/C13H15BrN2O3/c1-8(17)15-10-4-5-16(7-10)13(19)9-2-3-11(14)12(18)6-9/h2-3,6,10,18H,4-5,7H2,1H3,(H,15,17). The van der Waals surface area contributed by atoms with E-state index in [0.717, 1.165) is 6.42 Å². The van der Waals surface area contributed by atoms with Gasteiger partial charge in [-0.2, -0.15) is 0 Å². The van der Waals surface area contributed by atoms with Crippen molar-refractivity contribution in [2.75, 3.05) is 13.1 Å². The second-order valence-corrected chi connectivity index (χ2v) is 5.46. The molecular weight excluding hydrogens is 312 g/mol. The van der Waals surface area contributed by atoms with Gasteiger partial charge in [0.15, 0.2) is 0 Å². The number of carbonyl (C=O) groups excluding carboxylic acids is 2. The van der Waals surface area contributed by atoms with E-state index in [0.29, 0.717) is 23.1 Å². The average Bonchev–Trinajstić information content (AvgIpc) is 2.79. The van der Waals surface area contributed by atoms with Gasteiger partial charge in [-0.25, -0.2) is 0 Å². The summed E-state index contributed by atoms with van der Waals surface area (Å²) in [6.45, 7) is 2.59. The molecule has 0 saturated carbocycles. The first-order chi connectivity index (χ1) is 8.97. The first-order valence-corrected chi connectivity index (χ1v) is 6.81. The Morgan fingerprint density at radius 2 is 2.21 bits per heavy atom. The van der Waals surface area contributed by atoms with Crippen LogP contribution in [0.5, 0.6) is 5.75 Å². The van der Waals surface area contributed by atoms with E-state index in [-0.39, 0.29) is 23.6 Å². The van der Waals surface area contributed by atoms with E-state index >= 15 is 0 Å². The minimum atomic E-state index is -0.129. The van der Waals surface area contributed by atoms with Crippen molar-refractivity contribution in [3.63, 3.8) is 0 Å². The van der Waals surface area contributed by atoms with E-state index in [1.54, 1.807) is 17.0 Å². The Morgan fingerprint density at radius 1 is 1.47 bits per heavy atom. The van der Waals surface area contributed by atoms with E-state index in [1.807, 2.05) is 0 Å². The first-order valence-electron chi connectivity index (χ1n) is 6.02. The molecule has 1 heterocycles. The maximum absolute atomic E-state index is 12.2. The monoisotopic (exact) mass is 326 g/mol. The number of hydrogen-bond donors (Lipinski definition) is 2. The Kier molecular flexibility index (Phi) is 4.09. The highest BCUT2D eigenvalue weighted by atomic mass is 79.9. The summed E-state index contributed by atoms with van der Waals surface area (Å²) in [7, 11) is 0. The summed E-state index contributed by atoms with van der Waals surface area (Å²) in [6.07, 6.45) is 0.758. The molecule has 1 unspecified atom stereocenters. The van der Waals surface area contributed by atoms with E-state index < -0.39 is 0 Å². The third kappa shape index (κ3) is 3.26. The fourth-order valence-electron chi connectivity index (χ4n) is 2.18. The summed E-state index contributed by atoms with van der Waals surface area (Å²) in [6, 6.07) is 4.77. The van der Waals surface area contributed by atoms with Crippen molar-refractivity contribution < 1.29 is 14.7 Å². The molecule has 1 atom stereocenters. The van der Waals surface area contributed by atoms with Gasteiger partial charge in [0.1, 0.15) is 5.75 Å². The minimum Gasteiger partial charge on any atom is -0.507 e. The Morgan fingerprint density at radius 3 is 2.84 bits per heavy atom. The largest absolute Gasteiger partial charge is 0.507 e. The van der Waals surface area contributed by atoms with Crippen molar-refractivity contribution >= 4 is 27.7 Å². The van der Waals surface area contributed by atoms with Crippen LogP contribution in [-0.2, 0) is 4.79 Å². The van der Waals surface area contributed by atoms with Crippen molar-refractivity contribution in [3.05, 3.63) is 28.2 Å². The van der Waals surface area contributed by atoms with Crippen LogP contribution in [0.15, 0.2) is 22.7 Å². The van der Waals surface area contributed by atoms with Crippen LogP contribution in [-0.4, -0.2) is 41.0 Å². The SMILES string of the molecule is CC(=O)NC1CCN(C(=O)c2ccc(Br)c(O)c2)C1. The summed E-state index contributed by atoms with van der Waals surface area (Å²) in [4.78, 5) is 24.9. The zero-order valence-corrected chi connectivity index (χ0v) is 12.1. The molecule has 1 fully saturated rings. The molecule has 102 valence electrons. The number of halogens is 1. The Hall–Kier alpha value is -1.56. The second-order valence-electron chi connectivity index (χ2n) is 4.60. The molecule has 2 amide bonds. The van der Waals surface area contributed by atoms with Crippen LogP contribution in [0.4, 0.5) is 0 Å². The maximum atomic E-state index is 12.2. The molecule has 1 saturated heterocycles. The van der Waals surface area contributed by atoms with Crippen LogP contribution < -0.4 is 5.32 Å². The van der Waals surface area contributed by atoms with Gasteiger partial charge in [0.05, 0.1) is 4.47 Å². The summed E-state index contributed by atoms with van der Waals surface area (Å²) < 4.78 is 0.557. The molecule has 6 heteroatoms. The predicted octanol–water partition coefficient (Wildman–Crippen LogP) is 1.51. The molecular formula is C13H15BrN2O3. The average molecular weight is 327 g/mol. The third-order valence-electron chi connectivity index (χ3n) is 3.08. The molecule has 0 spiro atoms. The van der Waals surface area contributed by atoms with Gasteiger partial charge in [-0.05, 0) is 40.5 Å². The molecule has 2 N–H and O–H groups in total. The molecule has 1 aliphatic heterocycles. The predicted molar refractivity (Wildman–Crippen MR) is 73.9 cm³/mol. The van der Waals surface area contributed by atoms with Crippen LogP contribution in [0.25, 0.3) is 0 Å². The van der Waals surface area contributed by atoms with E-state index in [4.69, 9.17) is 0 Å². The molecule has 1 aliphatic rings. The number of nitrogens with zero attached hydrogens (tertiary/aromatic N) is 1. The van der Waals surface area contributed by atoms with E-state index in [1.165, 1.54) is 13.0 Å². The number of hydrogen-bond acceptors (Lipinski definition) is 3. The number of phenolic OH excluding ortho intramolecular Hbond substituents is 1. The van der Waals surface area contributed by atoms with Crippen LogP contribution in [0.3, 0.4) is 0 Å². The number of amides is 2. The van der Waals surface area contributed by atoms with Gasteiger partial charge in [0.2, 0.25) is 5.91 Å². The van der Waals surface area contributed by atoms with Gasteiger partial charge >= 0.3 is 0 Å². The maximum Gasteiger partial charge on any atom is 0.254 e. The normalized spacial score (nSPS) is 18.4. The van der Waals surface area contributed by atoms with Crippen molar-refractivity contribution in [1.29, 1.82) is 0 Å². The third-order valence-corrected chi connectivity index (χ3v) is 3.75. The lowest BCUT2D eigenvalue weighted by Gasteiger charge is -2.17. The number of aromatic hydroxyl groups is 1. The summed E-state index contributed by atoms with van der Waals surface area (Å²) in [5.41, 5.74) is 0.448. The van der Waals surface area contributed by atoms with Gasteiger partial charge < -0.3 is 15.3 Å². The molecule has 0 bridgehead atoms. The van der Waals surface area contributed by atoms with Gasteiger partial charge in [-0.3, -0.25) is 9.59 Å². The Bertz CT molecular complexity index is 519. The lowest BCUT2D eigenvalue weighted by Crippen LogP contribution is -2.37. The van der Waals surface area contributed by atoms with Gasteiger partial charge in [0, 0.05) is 31.6 Å². The smallest absolute Gasteiger partial charge is 0.254 e. The van der Waals surface area contributed by atoms with Crippen molar-refractivity contribution in [1.82, 2.24) is 10.2 Å². The highest BCUT2D eigenvalue weighted by Gasteiger charge is 2.27. The number of nitrogens with one attached hydrogen (secondary N) is 1. The molecule has 19 heavy (non-hydrogen) atoms. The highest BCUT2D eigenvalue weighted by molar-refractivity contribution is 9.10. The number of phenols is 1.